The van der Waals surface area contributed by atoms with E-state index in [0.29, 0.717) is 32.2 Å². The van der Waals surface area contributed by atoms with Crippen molar-refractivity contribution in [2.45, 2.75) is 90.9 Å². The van der Waals surface area contributed by atoms with Crippen LogP contribution in [0.15, 0.2) is 24.3 Å². The van der Waals surface area contributed by atoms with Gasteiger partial charge in [0.05, 0.1) is 0 Å². The van der Waals surface area contributed by atoms with E-state index in [0.717, 1.165) is 12.1 Å². The average molecular weight is 533 g/mol. The predicted molar refractivity (Wildman–Crippen MR) is 144 cm³/mol. The van der Waals surface area contributed by atoms with Crippen LogP contribution in [0, 0.1) is 11.3 Å². The number of hydrogen-bond acceptors (Lipinski definition) is 6. The maximum absolute atomic E-state index is 13.7. The van der Waals surface area contributed by atoms with Crippen molar-refractivity contribution >= 4 is 24.2 Å². The number of aromatic hydroxyl groups is 1. The van der Waals surface area contributed by atoms with Gasteiger partial charge in [0.25, 0.3) is 0 Å². The molecule has 1 fully saturated rings. The number of benzene rings is 1. The molecule has 1 heterocycles. The van der Waals surface area contributed by atoms with Gasteiger partial charge in [-0.15, -0.1) is 0 Å². The summed E-state index contributed by atoms with van der Waals surface area (Å²) in [6, 6.07) is 3.31. The first-order valence-electron chi connectivity index (χ1n) is 13.4. The summed E-state index contributed by atoms with van der Waals surface area (Å²) < 4.78 is 0. The number of amides is 3. The lowest BCUT2D eigenvalue weighted by atomic mass is 9.88. The molecule has 10 nitrogen and oxygen atoms in total. The van der Waals surface area contributed by atoms with Gasteiger partial charge in [-0.25, -0.2) is 4.79 Å². The third-order valence-corrected chi connectivity index (χ3v) is 7.20. The van der Waals surface area contributed by atoms with Crippen molar-refractivity contribution in [1.29, 1.82) is 0 Å². The van der Waals surface area contributed by atoms with E-state index in [1.54, 1.807) is 12.1 Å². The standard InChI is InChI=1S/C28H44N4O6/c1-6-18(2)24(26(36)30-22(27(37)38)11-13-28(3,4)5)31-25(35)23(15-19-7-9-21(34)10-8-19)32(17-33)20-12-14-29-16-20/h7-10,17-18,20,22-24,29,34H,6,11-16H2,1-5H3,(H,30,36)(H,31,35)(H,37,38)/t18-,20+,22-,23-,24-/m0/s1. The molecule has 2 rings (SSSR count). The minimum atomic E-state index is -1.12. The summed E-state index contributed by atoms with van der Waals surface area (Å²) in [7, 11) is 0. The van der Waals surface area contributed by atoms with Crippen LogP contribution in [0.3, 0.4) is 0 Å². The Labute approximate surface area is 225 Å². The normalized spacial score (nSPS) is 18.6. The molecule has 0 saturated carbocycles. The van der Waals surface area contributed by atoms with Gasteiger partial charge in [-0.2, -0.15) is 0 Å². The molecular formula is C28H44N4O6. The number of nitrogens with one attached hydrogen (secondary N) is 3. The van der Waals surface area contributed by atoms with Gasteiger partial charge in [0.1, 0.15) is 23.9 Å². The second-order valence-corrected chi connectivity index (χ2v) is 11.5. The Bertz CT molecular complexity index is 940. The smallest absolute Gasteiger partial charge is 0.326 e. The fourth-order valence-corrected chi connectivity index (χ4v) is 4.54. The molecule has 0 spiro atoms. The van der Waals surface area contributed by atoms with Crippen LogP contribution >= 0.6 is 0 Å². The fourth-order valence-electron chi connectivity index (χ4n) is 4.54. The Morgan fingerprint density at radius 2 is 1.82 bits per heavy atom. The summed E-state index contributed by atoms with van der Waals surface area (Å²) in [5.74, 6) is -2.35. The van der Waals surface area contributed by atoms with Crippen molar-refractivity contribution in [2.75, 3.05) is 13.1 Å². The number of nitrogens with zero attached hydrogens (tertiary/aromatic N) is 1. The van der Waals surface area contributed by atoms with Crippen LogP contribution in [-0.4, -0.2) is 76.6 Å². The molecule has 1 aliphatic rings. The summed E-state index contributed by atoms with van der Waals surface area (Å²) in [5, 5.41) is 28.0. The predicted octanol–water partition coefficient (Wildman–Crippen LogP) is 2.05. The van der Waals surface area contributed by atoms with Crippen LogP contribution < -0.4 is 16.0 Å². The molecule has 1 saturated heterocycles. The summed E-state index contributed by atoms with van der Waals surface area (Å²) in [5.41, 5.74) is 0.649. The van der Waals surface area contributed by atoms with E-state index in [9.17, 15) is 29.4 Å². The van der Waals surface area contributed by atoms with Gasteiger partial charge < -0.3 is 31.1 Å². The zero-order chi connectivity index (χ0) is 28.5. The van der Waals surface area contributed by atoms with E-state index in [1.807, 2.05) is 34.6 Å². The second kappa shape index (κ2) is 14.1. The van der Waals surface area contributed by atoms with Gasteiger partial charge in [-0.1, -0.05) is 53.2 Å². The maximum Gasteiger partial charge on any atom is 0.326 e. The topological polar surface area (TPSA) is 148 Å². The van der Waals surface area contributed by atoms with Crippen LogP contribution in [-0.2, 0) is 25.6 Å². The van der Waals surface area contributed by atoms with Crippen LogP contribution in [0.4, 0.5) is 0 Å². The van der Waals surface area contributed by atoms with Crippen molar-refractivity contribution < 1.29 is 29.4 Å². The average Bonchev–Trinajstić information content (AvgIpc) is 3.39. The van der Waals surface area contributed by atoms with E-state index < -0.39 is 35.9 Å². The minimum absolute atomic E-state index is 0.0925. The highest BCUT2D eigenvalue weighted by molar-refractivity contribution is 5.92. The fraction of sp³-hybridized carbons (Fsp3) is 0.643. The summed E-state index contributed by atoms with van der Waals surface area (Å²) in [4.78, 5) is 52.6. The maximum atomic E-state index is 13.7. The Morgan fingerprint density at radius 1 is 1.16 bits per heavy atom. The SMILES string of the molecule is CC[C@H](C)[C@H](NC(=O)[C@H](Cc1ccc(O)cc1)N(C=O)[C@@H]1CCNC1)C(=O)N[C@@H](CCC(C)(C)C)C(=O)O. The number of phenolic OH excluding ortho intramolecular Hbond substituents is 1. The molecule has 0 unspecified atom stereocenters. The van der Waals surface area contributed by atoms with E-state index in [-0.39, 0.29) is 36.0 Å². The van der Waals surface area contributed by atoms with Gasteiger partial charge in [0.15, 0.2) is 0 Å². The van der Waals surface area contributed by atoms with E-state index in [2.05, 4.69) is 16.0 Å². The summed E-state index contributed by atoms with van der Waals surface area (Å²) in [6.07, 6.45) is 3.01. The van der Waals surface area contributed by atoms with E-state index in [1.165, 1.54) is 17.0 Å². The lowest BCUT2D eigenvalue weighted by molar-refractivity contribution is -0.143. The molecule has 0 bridgehead atoms. The summed E-state index contributed by atoms with van der Waals surface area (Å²) >= 11 is 0. The van der Waals surface area contributed by atoms with Crippen molar-refractivity contribution in [3.63, 3.8) is 0 Å². The Kier molecular flexibility index (Phi) is 11.6. The number of carboxylic acids is 1. The highest BCUT2D eigenvalue weighted by Crippen LogP contribution is 2.22. The summed E-state index contributed by atoms with van der Waals surface area (Å²) in [6.45, 7) is 11.0. The molecular weight excluding hydrogens is 488 g/mol. The van der Waals surface area contributed by atoms with Crippen molar-refractivity contribution in [3.8, 4) is 5.75 Å². The number of phenols is 1. The van der Waals surface area contributed by atoms with Crippen LogP contribution in [0.2, 0.25) is 0 Å². The molecule has 0 radical (unpaired) electrons. The first kappa shape index (κ1) is 31.1. The van der Waals surface area contributed by atoms with Crippen molar-refractivity contribution in [2.24, 2.45) is 11.3 Å². The van der Waals surface area contributed by atoms with E-state index >= 15 is 0 Å². The molecule has 10 heteroatoms. The zero-order valence-electron chi connectivity index (χ0n) is 23.2. The van der Waals surface area contributed by atoms with Crippen molar-refractivity contribution in [3.05, 3.63) is 29.8 Å². The zero-order valence-corrected chi connectivity index (χ0v) is 23.2. The molecule has 1 aliphatic heterocycles. The van der Waals surface area contributed by atoms with Crippen LogP contribution in [0.5, 0.6) is 5.75 Å². The second-order valence-electron chi connectivity index (χ2n) is 11.5. The lowest BCUT2D eigenvalue weighted by Gasteiger charge is -2.34. The van der Waals surface area contributed by atoms with Gasteiger partial charge >= 0.3 is 5.97 Å². The highest BCUT2D eigenvalue weighted by atomic mass is 16.4. The molecule has 5 atom stereocenters. The Hall–Kier alpha value is -3.14. The lowest BCUT2D eigenvalue weighted by Crippen LogP contribution is -2.59. The molecule has 1 aromatic carbocycles. The number of rotatable bonds is 14. The van der Waals surface area contributed by atoms with Gasteiger partial charge in [-0.3, -0.25) is 14.4 Å². The highest BCUT2D eigenvalue weighted by Gasteiger charge is 2.36. The van der Waals surface area contributed by atoms with Crippen LogP contribution in [0.25, 0.3) is 0 Å². The number of hydrogen-bond donors (Lipinski definition) is 5. The quantitative estimate of drug-likeness (QED) is 0.230. The molecule has 38 heavy (non-hydrogen) atoms. The Morgan fingerprint density at radius 3 is 2.32 bits per heavy atom. The van der Waals surface area contributed by atoms with Crippen molar-refractivity contribution in [1.82, 2.24) is 20.9 Å². The number of carbonyl (C=O) groups is 4. The first-order chi connectivity index (χ1) is 17.9. The van der Waals surface area contributed by atoms with E-state index in [4.69, 9.17) is 0 Å². The van der Waals surface area contributed by atoms with Gasteiger partial charge in [0, 0.05) is 19.0 Å². The Balaban J connectivity index is 2.28. The first-order valence-corrected chi connectivity index (χ1v) is 13.4. The molecule has 3 amide bonds. The molecule has 212 valence electrons. The number of carboxylic acid groups (broad SMARTS) is 1. The number of aliphatic carboxylic acids is 1. The number of carbonyl (C=O) groups excluding carboxylic acids is 3. The molecule has 0 aromatic heterocycles. The molecule has 0 aliphatic carbocycles. The monoisotopic (exact) mass is 532 g/mol. The largest absolute Gasteiger partial charge is 0.508 e. The van der Waals surface area contributed by atoms with Gasteiger partial charge in [-0.05, 0) is 54.8 Å². The third-order valence-electron chi connectivity index (χ3n) is 7.20. The minimum Gasteiger partial charge on any atom is -0.508 e. The molecule has 5 N–H and O–H groups in total. The van der Waals surface area contributed by atoms with Crippen LogP contribution in [0.1, 0.15) is 65.9 Å². The van der Waals surface area contributed by atoms with Gasteiger partial charge in [0.2, 0.25) is 18.2 Å². The molecule has 1 aromatic rings. The third kappa shape index (κ3) is 9.31.